The van der Waals surface area contributed by atoms with E-state index in [-0.39, 0.29) is 21.7 Å². The third-order valence-corrected chi connectivity index (χ3v) is 15.4. The van der Waals surface area contributed by atoms with Crippen LogP contribution in [0, 0.1) is 10.8 Å². The van der Waals surface area contributed by atoms with Gasteiger partial charge in [0, 0.05) is 36.8 Å². The Kier molecular flexibility index (Phi) is 21.2. The van der Waals surface area contributed by atoms with E-state index < -0.39 is 0 Å². The van der Waals surface area contributed by atoms with Crippen LogP contribution in [-0.4, -0.2) is 106 Å². The Morgan fingerprint density at radius 3 is 0.702 bits per heavy atom. The molecule has 0 unspecified atom stereocenters. The molecule has 6 aromatic carbocycles. The molecule has 11 rings (SSSR count). The molecule has 0 radical (unpaired) electrons. The van der Waals surface area contributed by atoms with Crippen molar-refractivity contribution in [3.8, 4) is 46.0 Å². The minimum Gasteiger partial charge on any atom is -0.491 e. The van der Waals surface area contributed by atoms with Gasteiger partial charge in [-0.2, -0.15) is 0 Å². The molecular weight excluding hydrogens is 1060 g/mol. The predicted molar refractivity (Wildman–Crippen MR) is 331 cm³/mol. The van der Waals surface area contributed by atoms with Gasteiger partial charge in [0.15, 0.2) is 23.0 Å². The Morgan fingerprint density at radius 2 is 0.464 bits per heavy atom. The number of rotatable bonds is 4. The van der Waals surface area contributed by atoms with E-state index in [9.17, 15) is 0 Å². The average molecular weight is 1150 g/mol. The molecule has 452 valence electrons. The molecule has 0 N–H and O–H groups in total. The molecule has 12 nitrogen and oxygen atoms in total. The lowest BCUT2D eigenvalue weighted by Gasteiger charge is -2.34. The van der Waals surface area contributed by atoms with Gasteiger partial charge < -0.3 is 56.8 Å². The Morgan fingerprint density at radius 1 is 0.250 bits per heavy atom. The molecule has 4 heterocycles. The van der Waals surface area contributed by atoms with Gasteiger partial charge in [0.05, 0.1) is 52.9 Å². The van der Waals surface area contributed by atoms with Gasteiger partial charge in [-0.25, -0.2) is 0 Å². The fraction of sp³-hybridized carbons (Fsp3) is 0.500. The van der Waals surface area contributed by atoms with Crippen LogP contribution in [0.4, 0.5) is 0 Å². The van der Waals surface area contributed by atoms with Gasteiger partial charge in [-0.3, -0.25) is 0 Å². The van der Waals surface area contributed by atoms with E-state index >= 15 is 0 Å². The van der Waals surface area contributed by atoms with Crippen LogP contribution >= 0.6 is 0 Å². The minimum absolute atomic E-state index is 0.0942. The van der Waals surface area contributed by atoms with Crippen LogP contribution in [0.1, 0.15) is 138 Å². The molecule has 0 saturated heterocycles. The second-order valence-corrected chi connectivity index (χ2v) is 26.1. The molecule has 0 amide bonds. The summed E-state index contributed by atoms with van der Waals surface area (Å²) in [5.41, 5.74) is 10.2. The molecule has 4 aliphatic heterocycles. The van der Waals surface area contributed by atoms with Crippen molar-refractivity contribution in [2.75, 3.05) is 106 Å². The van der Waals surface area contributed by atoms with Crippen molar-refractivity contribution in [3.63, 3.8) is 0 Å². The molecule has 12 bridgehead atoms. The molecule has 1 aliphatic carbocycles. The molecule has 0 saturated carbocycles. The summed E-state index contributed by atoms with van der Waals surface area (Å²) >= 11 is 0. The molecule has 84 heavy (non-hydrogen) atoms. The lowest BCUT2D eigenvalue weighted by molar-refractivity contribution is 0.0689. The van der Waals surface area contributed by atoms with Gasteiger partial charge in [0.1, 0.15) is 75.9 Å². The van der Waals surface area contributed by atoms with E-state index in [0.717, 1.165) is 103 Å². The van der Waals surface area contributed by atoms with Gasteiger partial charge >= 0.3 is 0 Å². The highest BCUT2D eigenvalue weighted by atomic mass is 16.6. The van der Waals surface area contributed by atoms with Crippen molar-refractivity contribution in [2.24, 2.45) is 10.8 Å². The highest BCUT2D eigenvalue weighted by molar-refractivity contribution is 5.57. The largest absolute Gasteiger partial charge is 0.491 e. The molecule has 0 aromatic heterocycles. The first-order chi connectivity index (χ1) is 40.4. The van der Waals surface area contributed by atoms with Crippen LogP contribution in [0.15, 0.2) is 109 Å². The smallest absolute Gasteiger partial charge is 0.165 e. The number of hydrogen-bond donors (Lipinski definition) is 0. The number of hydrogen-bond acceptors (Lipinski definition) is 12. The zero-order chi connectivity index (χ0) is 59.2. The lowest BCUT2D eigenvalue weighted by Crippen LogP contribution is -2.26. The van der Waals surface area contributed by atoms with Crippen LogP contribution in [0.5, 0.6) is 46.0 Å². The van der Waals surface area contributed by atoms with Crippen molar-refractivity contribution in [2.45, 2.75) is 119 Å². The maximum atomic E-state index is 6.95. The monoisotopic (exact) mass is 1150 g/mol. The summed E-state index contributed by atoms with van der Waals surface area (Å²) in [6, 6.07) is 38.2. The normalized spacial score (nSPS) is 16.9. The first kappa shape index (κ1) is 62.1. The molecule has 0 fully saturated rings. The Balaban J connectivity index is 1.07. The van der Waals surface area contributed by atoms with Crippen molar-refractivity contribution in [1.82, 2.24) is 0 Å². The van der Waals surface area contributed by atoms with E-state index in [1.54, 1.807) is 0 Å². The minimum atomic E-state index is -0.192. The van der Waals surface area contributed by atoms with E-state index in [4.69, 9.17) is 56.8 Å². The fourth-order valence-electron chi connectivity index (χ4n) is 12.7. The highest BCUT2D eigenvalue weighted by Gasteiger charge is 2.33. The van der Waals surface area contributed by atoms with Gasteiger partial charge in [0.2, 0.25) is 0 Å². The van der Waals surface area contributed by atoms with E-state index in [0.29, 0.717) is 143 Å². The first-order valence-corrected chi connectivity index (χ1v) is 30.5. The first-order valence-electron chi connectivity index (χ1n) is 30.5. The molecule has 5 aliphatic rings. The molecular formula is C72H92O12. The summed E-state index contributed by atoms with van der Waals surface area (Å²) in [6.45, 7) is 28.2. The second kappa shape index (κ2) is 28.6. The predicted octanol–water partition coefficient (Wildman–Crippen LogP) is 14.3. The fourth-order valence-corrected chi connectivity index (χ4v) is 12.7. The van der Waals surface area contributed by atoms with Gasteiger partial charge in [-0.05, 0) is 91.1 Å². The summed E-state index contributed by atoms with van der Waals surface area (Å²) in [4.78, 5) is 0. The van der Waals surface area contributed by atoms with Crippen LogP contribution in [-0.2, 0) is 55.5 Å². The molecule has 0 spiro atoms. The van der Waals surface area contributed by atoms with E-state index in [1.165, 1.54) is 0 Å². The molecule has 6 aromatic rings. The van der Waals surface area contributed by atoms with Crippen LogP contribution in [0.25, 0.3) is 0 Å². The zero-order valence-electron chi connectivity index (χ0n) is 51.8. The van der Waals surface area contributed by atoms with Crippen LogP contribution < -0.4 is 37.9 Å². The number of fused-ring (bicyclic) bond motifs is 24. The van der Waals surface area contributed by atoms with Crippen LogP contribution in [0.3, 0.4) is 0 Å². The standard InChI is InChI=1S/C72H92O12/c1-69(2,3)49-71(7,8)59-25-15-27-61-67(59)83-43-35-75-33-41-81-65-55-21-13-23-57(65)48-58-24-14-22-56-47-53-19-11-17-51(63(53)79-39-31-73-29-37-77-61)45-52-18-12-20-54(46-55)64(52)80-40-32-74-30-38-78-62-28-16-26-60(72(9,10)50-70(4,5)6)68(62)84-44-36-76-34-42-82-66(56)58/h11-28H,29-50H2,1-10H3. The number of benzene rings is 6. The van der Waals surface area contributed by atoms with E-state index in [1.807, 2.05) is 12.1 Å². The molecule has 0 atom stereocenters. The lowest BCUT2D eigenvalue weighted by atomic mass is 9.72. The SMILES string of the molecule is CC(C)(C)CC(C)(C)c1cccc2c1OCCOCCOc1c3cccc1Cc1cccc4c1OCCOCCOc1c(cccc1C(C)(C)CC(C)(C)C)OCCOCCOc1c(cccc1C3)Cc1cccc(c1OCCOCCO2)C4. The third-order valence-electron chi connectivity index (χ3n) is 15.4. The number of ether oxygens (including phenoxy) is 12. The molecule has 12 heteroatoms. The Hall–Kier alpha value is -6.44. The van der Waals surface area contributed by atoms with Crippen molar-refractivity contribution in [3.05, 3.63) is 165 Å². The summed E-state index contributed by atoms with van der Waals surface area (Å²) in [6.07, 6.45) is 4.08. The Labute approximate surface area is 500 Å². The van der Waals surface area contributed by atoms with Crippen molar-refractivity contribution in [1.29, 1.82) is 0 Å². The van der Waals surface area contributed by atoms with Gasteiger partial charge in [-0.1, -0.05) is 166 Å². The average Bonchev–Trinajstić information content (AvgIpc) is 2.92. The van der Waals surface area contributed by atoms with Gasteiger partial charge in [-0.15, -0.1) is 0 Å². The van der Waals surface area contributed by atoms with E-state index in [2.05, 4.69) is 166 Å². The maximum absolute atomic E-state index is 6.95. The topological polar surface area (TPSA) is 111 Å². The quantitative estimate of drug-likeness (QED) is 0.157. The summed E-state index contributed by atoms with van der Waals surface area (Å²) in [7, 11) is 0. The summed E-state index contributed by atoms with van der Waals surface area (Å²) in [5.74, 6) is 6.09. The summed E-state index contributed by atoms with van der Waals surface area (Å²) in [5, 5.41) is 0. The number of para-hydroxylation sites is 6. The second-order valence-electron chi connectivity index (χ2n) is 26.1. The van der Waals surface area contributed by atoms with Gasteiger partial charge in [0.25, 0.3) is 0 Å². The third kappa shape index (κ3) is 16.9. The maximum Gasteiger partial charge on any atom is 0.165 e. The zero-order valence-corrected chi connectivity index (χ0v) is 51.8. The highest BCUT2D eigenvalue weighted by Crippen LogP contribution is 2.46. The Bertz CT molecular complexity index is 2890. The van der Waals surface area contributed by atoms with Crippen molar-refractivity contribution < 1.29 is 56.8 Å². The van der Waals surface area contributed by atoms with Crippen molar-refractivity contribution >= 4 is 0 Å². The van der Waals surface area contributed by atoms with Crippen LogP contribution in [0.2, 0.25) is 0 Å². The summed E-state index contributed by atoms with van der Waals surface area (Å²) < 4.78 is 79.2.